The summed E-state index contributed by atoms with van der Waals surface area (Å²) >= 11 is 0. The van der Waals surface area contributed by atoms with Crippen molar-refractivity contribution in [2.75, 3.05) is 6.54 Å². The van der Waals surface area contributed by atoms with Gasteiger partial charge in [-0.2, -0.15) is 9.71 Å². The van der Waals surface area contributed by atoms with E-state index in [0.29, 0.717) is 24.7 Å². The highest BCUT2D eigenvalue weighted by atomic mass is 32.2. The van der Waals surface area contributed by atoms with E-state index in [0.717, 1.165) is 18.4 Å². The van der Waals surface area contributed by atoms with Gasteiger partial charge in [-0.1, -0.05) is 17.3 Å². The van der Waals surface area contributed by atoms with Crippen LogP contribution in [0, 0.1) is 13.8 Å². The lowest BCUT2D eigenvalue weighted by molar-refractivity contribution is -0.133. The van der Waals surface area contributed by atoms with Gasteiger partial charge in [0.05, 0.1) is 4.90 Å². The molecule has 0 saturated carbocycles. The summed E-state index contributed by atoms with van der Waals surface area (Å²) in [4.78, 5) is 18.7. The standard InChI is InChI=1S/C17H22N4O4S/c1-12-6-5-7-14(10-12)26(23,24)20-15-8-3-4-9-21(17(15)22)11-16-18-13(2)19-25-16/h5-7,10,15,20H,3-4,8-9,11H2,1-2H3. The quantitative estimate of drug-likeness (QED) is 0.846. The fraction of sp³-hybridized carbons (Fsp3) is 0.471. The van der Waals surface area contributed by atoms with Crippen LogP contribution in [-0.4, -0.2) is 42.0 Å². The van der Waals surface area contributed by atoms with Crippen molar-refractivity contribution in [1.82, 2.24) is 19.8 Å². The van der Waals surface area contributed by atoms with E-state index in [1.54, 1.807) is 24.0 Å². The number of nitrogens with zero attached hydrogens (tertiary/aromatic N) is 3. The van der Waals surface area contributed by atoms with Gasteiger partial charge < -0.3 is 9.42 Å². The number of sulfonamides is 1. The maximum Gasteiger partial charge on any atom is 0.246 e. The van der Waals surface area contributed by atoms with E-state index in [4.69, 9.17) is 4.52 Å². The summed E-state index contributed by atoms with van der Waals surface area (Å²) < 4.78 is 33.0. The van der Waals surface area contributed by atoms with Gasteiger partial charge in [0.25, 0.3) is 0 Å². The summed E-state index contributed by atoms with van der Waals surface area (Å²) in [5, 5.41) is 3.72. The molecule has 1 aromatic heterocycles. The minimum atomic E-state index is -3.77. The van der Waals surface area contributed by atoms with E-state index in [1.165, 1.54) is 6.07 Å². The van der Waals surface area contributed by atoms with Crippen LogP contribution in [0.1, 0.15) is 36.5 Å². The van der Waals surface area contributed by atoms with Gasteiger partial charge in [-0.15, -0.1) is 0 Å². The molecule has 0 radical (unpaired) electrons. The number of aryl methyl sites for hydroxylation is 2. The third-order valence-corrected chi connectivity index (χ3v) is 5.74. The average Bonchev–Trinajstić information content (AvgIpc) is 2.93. The molecule has 2 heterocycles. The van der Waals surface area contributed by atoms with E-state index in [2.05, 4.69) is 14.9 Å². The lowest BCUT2D eigenvalue weighted by Gasteiger charge is -2.23. The number of likely N-dealkylation sites (tertiary alicyclic amines) is 1. The van der Waals surface area contributed by atoms with Gasteiger partial charge in [0.2, 0.25) is 21.8 Å². The summed E-state index contributed by atoms with van der Waals surface area (Å²) in [7, 11) is -3.77. The molecule has 8 nitrogen and oxygen atoms in total. The van der Waals surface area contributed by atoms with Gasteiger partial charge in [0, 0.05) is 6.54 Å². The van der Waals surface area contributed by atoms with Crippen LogP contribution in [0.5, 0.6) is 0 Å². The second-order valence-corrected chi connectivity index (χ2v) is 8.20. The van der Waals surface area contributed by atoms with Crippen molar-refractivity contribution in [3.8, 4) is 0 Å². The maximum absolute atomic E-state index is 12.8. The molecule has 1 N–H and O–H groups in total. The molecule has 1 fully saturated rings. The number of carbonyl (C=O) groups excluding carboxylic acids is 1. The summed E-state index contributed by atoms with van der Waals surface area (Å²) in [6, 6.07) is 5.82. The largest absolute Gasteiger partial charge is 0.337 e. The van der Waals surface area contributed by atoms with E-state index in [-0.39, 0.29) is 17.3 Å². The number of benzene rings is 1. The van der Waals surface area contributed by atoms with Crippen LogP contribution in [0.2, 0.25) is 0 Å². The fourth-order valence-corrected chi connectivity index (χ4v) is 4.30. The van der Waals surface area contributed by atoms with Crippen LogP contribution >= 0.6 is 0 Å². The van der Waals surface area contributed by atoms with Crippen LogP contribution in [0.15, 0.2) is 33.7 Å². The van der Waals surface area contributed by atoms with Crippen molar-refractivity contribution < 1.29 is 17.7 Å². The van der Waals surface area contributed by atoms with Crippen molar-refractivity contribution in [2.45, 2.75) is 50.6 Å². The molecule has 0 spiro atoms. The summed E-state index contributed by atoms with van der Waals surface area (Å²) in [6.07, 6.45) is 2.01. The lowest BCUT2D eigenvalue weighted by Crippen LogP contribution is -2.47. The zero-order valence-electron chi connectivity index (χ0n) is 14.8. The van der Waals surface area contributed by atoms with E-state index >= 15 is 0 Å². The Kier molecular flexibility index (Phi) is 5.38. The maximum atomic E-state index is 12.8. The first kappa shape index (κ1) is 18.5. The van der Waals surface area contributed by atoms with Gasteiger partial charge in [-0.25, -0.2) is 8.42 Å². The van der Waals surface area contributed by atoms with E-state index in [9.17, 15) is 13.2 Å². The Hall–Kier alpha value is -2.26. The number of nitrogens with one attached hydrogen (secondary N) is 1. The zero-order chi connectivity index (χ0) is 18.7. The molecule has 140 valence electrons. The Bertz CT molecular complexity index is 894. The van der Waals surface area contributed by atoms with Gasteiger partial charge in [-0.3, -0.25) is 4.79 Å². The van der Waals surface area contributed by atoms with Crippen molar-refractivity contribution in [1.29, 1.82) is 0 Å². The molecule has 1 aliphatic heterocycles. The summed E-state index contributed by atoms with van der Waals surface area (Å²) in [5.74, 6) is 0.576. The molecule has 1 unspecified atom stereocenters. The van der Waals surface area contributed by atoms with E-state index in [1.807, 2.05) is 13.0 Å². The smallest absolute Gasteiger partial charge is 0.246 e. The highest BCUT2D eigenvalue weighted by molar-refractivity contribution is 7.89. The van der Waals surface area contributed by atoms with Crippen molar-refractivity contribution in [3.63, 3.8) is 0 Å². The van der Waals surface area contributed by atoms with Crippen LogP contribution in [0.25, 0.3) is 0 Å². The van der Waals surface area contributed by atoms with Crippen molar-refractivity contribution in [3.05, 3.63) is 41.5 Å². The first-order chi connectivity index (χ1) is 12.3. The third-order valence-electron chi connectivity index (χ3n) is 4.27. The second kappa shape index (κ2) is 7.55. The van der Waals surface area contributed by atoms with Crippen LogP contribution in [-0.2, 0) is 21.4 Å². The van der Waals surface area contributed by atoms with Crippen LogP contribution in [0.3, 0.4) is 0 Å². The first-order valence-electron chi connectivity index (χ1n) is 8.52. The molecule has 26 heavy (non-hydrogen) atoms. The average molecular weight is 378 g/mol. The van der Waals surface area contributed by atoms with Crippen LogP contribution in [0.4, 0.5) is 0 Å². The zero-order valence-corrected chi connectivity index (χ0v) is 15.6. The Balaban J connectivity index is 1.76. The number of rotatable bonds is 5. The lowest BCUT2D eigenvalue weighted by atomic mass is 10.1. The van der Waals surface area contributed by atoms with Gasteiger partial charge in [0.15, 0.2) is 5.82 Å². The molecule has 1 saturated heterocycles. The van der Waals surface area contributed by atoms with Crippen LogP contribution < -0.4 is 4.72 Å². The number of aromatic nitrogens is 2. The van der Waals surface area contributed by atoms with E-state index < -0.39 is 16.1 Å². The summed E-state index contributed by atoms with van der Waals surface area (Å²) in [6.45, 7) is 4.24. The molecule has 3 rings (SSSR count). The molecule has 0 aliphatic carbocycles. The Labute approximate surface area is 152 Å². The minimum absolute atomic E-state index is 0.161. The Morgan fingerprint density at radius 1 is 1.31 bits per heavy atom. The molecule has 1 amide bonds. The highest BCUT2D eigenvalue weighted by Gasteiger charge is 2.31. The van der Waals surface area contributed by atoms with Gasteiger partial charge >= 0.3 is 0 Å². The fourth-order valence-electron chi connectivity index (χ4n) is 2.98. The molecule has 1 aromatic carbocycles. The molecular formula is C17H22N4O4S. The van der Waals surface area contributed by atoms with Gasteiger partial charge in [0.1, 0.15) is 12.6 Å². The predicted octanol–water partition coefficient (Wildman–Crippen LogP) is 1.55. The number of amides is 1. The first-order valence-corrected chi connectivity index (χ1v) is 10.0. The normalized spacial score (nSPS) is 18.8. The topological polar surface area (TPSA) is 105 Å². The van der Waals surface area contributed by atoms with Gasteiger partial charge in [-0.05, 0) is 50.8 Å². The number of hydrogen-bond acceptors (Lipinski definition) is 6. The number of carbonyl (C=O) groups is 1. The molecule has 9 heteroatoms. The highest BCUT2D eigenvalue weighted by Crippen LogP contribution is 2.18. The Morgan fingerprint density at radius 3 is 2.81 bits per heavy atom. The number of hydrogen-bond donors (Lipinski definition) is 1. The molecule has 1 aliphatic rings. The SMILES string of the molecule is Cc1cccc(S(=O)(=O)NC2CCCCN(Cc3nc(C)no3)C2=O)c1. The molecule has 1 atom stereocenters. The predicted molar refractivity (Wildman–Crippen MR) is 93.6 cm³/mol. The monoisotopic (exact) mass is 378 g/mol. The molecular weight excluding hydrogens is 356 g/mol. The third kappa shape index (κ3) is 4.28. The minimum Gasteiger partial charge on any atom is -0.337 e. The Morgan fingerprint density at radius 2 is 2.12 bits per heavy atom. The molecule has 0 bridgehead atoms. The summed E-state index contributed by atoms with van der Waals surface area (Å²) in [5.41, 5.74) is 0.841. The van der Waals surface area contributed by atoms with Crippen molar-refractivity contribution in [2.24, 2.45) is 0 Å². The second-order valence-electron chi connectivity index (χ2n) is 6.48. The van der Waals surface area contributed by atoms with Crippen molar-refractivity contribution >= 4 is 15.9 Å². The molecule has 2 aromatic rings.